The molecule has 13 heteroatoms. The summed E-state index contributed by atoms with van der Waals surface area (Å²) in [6.45, 7) is 3.04. The summed E-state index contributed by atoms with van der Waals surface area (Å²) < 4.78 is 21.8. The van der Waals surface area contributed by atoms with Gasteiger partial charge in [-0.2, -0.15) is 10.2 Å². The molecule has 6 aromatic rings. The molecule has 0 saturated carbocycles. The molecule has 2 aliphatic rings. The van der Waals surface area contributed by atoms with Crippen molar-refractivity contribution in [3.8, 4) is 45.3 Å². The van der Waals surface area contributed by atoms with Gasteiger partial charge in [-0.25, -0.2) is 10.0 Å². The molecule has 0 fully saturated rings. The first-order valence-corrected chi connectivity index (χ1v) is 20.7. The number of likely N-dealkylation sites (N-methyl/N-ethyl adjacent to an activating group) is 2. The maximum absolute atomic E-state index is 12.6. The number of anilines is 1. The first kappa shape index (κ1) is 45.0. The van der Waals surface area contributed by atoms with Crippen molar-refractivity contribution < 1.29 is 38.1 Å². The monoisotopic (exact) mass is 871 g/mol. The van der Waals surface area contributed by atoms with E-state index < -0.39 is 0 Å². The average Bonchev–Trinajstić information content (AvgIpc) is 3.52. The summed E-state index contributed by atoms with van der Waals surface area (Å²) in [6, 6.07) is 38.5. The van der Waals surface area contributed by atoms with Gasteiger partial charge < -0.3 is 24.3 Å². The summed E-state index contributed by atoms with van der Waals surface area (Å²) in [7, 11) is 9.63. The van der Waals surface area contributed by atoms with Crippen LogP contribution in [-0.2, 0) is 27.2 Å². The van der Waals surface area contributed by atoms with Gasteiger partial charge in [0.2, 0.25) is 17.7 Å². The number of hydrogen-bond acceptors (Lipinski definition) is 10. The van der Waals surface area contributed by atoms with Crippen LogP contribution in [0.25, 0.3) is 22.3 Å². The lowest BCUT2D eigenvalue weighted by Crippen LogP contribution is -2.22. The molecule has 2 aliphatic heterocycles. The van der Waals surface area contributed by atoms with E-state index in [0.717, 1.165) is 61.3 Å². The summed E-state index contributed by atoms with van der Waals surface area (Å²) in [5, 5.41) is 14.8. The molecule has 0 aromatic heterocycles. The van der Waals surface area contributed by atoms with Crippen LogP contribution in [0.4, 0.5) is 5.69 Å². The van der Waals surface area contributed by atoms with E-state index in [9.17, 15) is 19.2 Å². The van der Waals surface area contributed by atoms with Crippen LogP contribution in [0.2, 0.25) is 0 Å². The van der Waals surface area contributed by atoms with Crippen LogP contribution in [0.5, 0.6) is 23.0 Å². The number of fused-ring (bicyclic) bond motifs is 2. The summed E-state index contributed by atoms with van der Waals surface area (Å²) >= 11 is 0. The zero-order valence-corrected chi connectivity index (χ0v) is 37.5. The van der Waals surface area contributed by atoms with Crippen LogP contribution in [0.1, 0.15) is 57.6 Å². The van der Waals surface area contributed by atoms with Gasteiger partial charge in [0.15, 0.2) is 28.8 Å². The number of rotatable bonds is 10. The molecule has 0 spiro atoms. The van der Waals surface area contributed by atoms with Gasteiger partial charge in [-0.15, -0.1) is 0 Å². The fourth-order valence-electron chi connectivity index (χ4n) is 7.59. The highest BCUT2D eigenvalue weighted by molar-refractivity contribution is 6.16. The zero-order valence-electron chi connectivity index (χ0n) is 37.5. The number of ether oxygens (including phenoxy) is 4. The molecule has 330 valence electrons. The quantitative estimate of drug-likeness (QED) is 0.135. The van der Waals surface area contributed by atoms with Crippen LogP contribution in [0.15, 0.2) is 132 Å². The minimum absolute atomic E-state index is 0.0441. The summed E-state index contributed by atoms with van der Waals surface area (Å²) in [4.78, 5) is 48.0. The van der Waals surface area contributed by atoms with E-state index in [1.807, 2.05) is 121 Å². The van der Waals surface area contributed by atoms with Crippen molar-refractivity contribution in [2.75, 3.05) is 47.9 Å². The third kappa shape index (κ3) is 9.94. The number of hydrogen-bond donors (Lipinski definition) is 1. The highest BCUT2D eigenvalue weighted by Crippen LogP contribution is 2.36. The number of nitrogens with one attached hydrogen (secondary N) is 1. The summed E-state index contributed by atoms with van der Waals surface area (Å²) in [6.07, 6.45) is 0.437. The molecular formula is C52H49N5O8. The van der Waals surface area contributed by atoms with Crippen molar-refractivity contribution in [3.63, 3.8) is 0 Å². The van der Waals surface area contributed by atoms with Gasteiger partial charge in [-0.05, 0) is 76.7 Å². The Morgan fingerprint density at radius 3 is 1.29 bits per heavy atom. The van der Waals surface area contributed by atoms with Crippen LogP contribution >= 0.6 is 0 Å². The molecule has 6 aromatic carbocycles. The van der Waals surface area contributed by atoms with Crippen molar-refractivity contribution >= 4 is 40.6 Å². The van der Waals surface area contributed by atoms with Crippen LogP contribution in [0, 0.1) is 0 Å². The number of nitrogens with zero attached hydrogens (tertiary/aromatic N) is 4. The van der Waals surface area contributed by atoms with Crippen molar-refractivity contribution in [2.45, 2.75) is 26.7 Å². The zero-order chi connectivity index (χ0) is 46.4. The predicted molar refractivity (Wildman–Crippen MR) is 251 cm³/mol. The van der Waals surface area contributed by atoms with Crippen LogP contribution in [0.3, 0.4) is 0 Å². The van der Waals surface area contributed by atoms with E-state index in [-0.39, 0.29) is 36.3 Å². The van der Waals surface area contributed by atoms with Crippen molar-refractivity contribution in [3.05, 3.63) is 160 Å². The van der Waals surface area contributed by atoms with Gasteiger partial charge in [0.25, 0.3) is 0 Å². The van der Waals surface area contributed by atoms with Gasteiger partial charge >= 0.3 is 0 Å². The fraction of sp³-hybridized carbons (Fsp3) is 0.192. The molecule has 0 bridgehead atoms. The largest absolute Gasteiger partial charge is 0.493 e. The smallest absolute Gasteiger partial charge is 0.246 e. The molecule has 13 nitrogen and oxygen atoms in total. The maximum atomic E-state index is 12.6. The van der Waals surface area contributed by atoms with E-state index in [4.69, 9.17) is 18.9 Å². The third-order valence-electron chi connectivity index (χ3n) is 11.1. The summed E-state index contributed by atoms with van der Waals surface area (Å²) in [5.74, 6) is 2.03. The van der Waals surface area contributed by atoms with E-state index in [2.05, 4.69) is 15.5 Å². The Morgan fingerprint density at radius 2 is 0.892 bits per heavy atom. The topological polar surface area (TPSA) is 148 Å². The first-order valence-electron chi connectivity index (χ1n) is 20.7. The molecule has 2 heterocycles. The number of Topliss-reactive ketones (excluding diaryl/α,β-unsaturated/α-hetero) is 1. The lowest BCUT2D eigenvalue weighted by molar-refractivity contribution is -0.129. The Hall–Kier alpha value is -8.06. The predicted octanol–water partition coefficient (Wildman–Crippen LogP) is 8.44. The lowest BCUT2D eigenvalue weighted by Gasteiger charge is -2.15. The molecule has 8 rings (SSSR count). The third-order valence-corrected chi connectivity index (χ3v) is 11.1. The van der Waals surface area contributed by atoms with Crippen molar-refractivity contribution in [2.24, 2.45) is 10.2 Å². The Balaban J connectivity index is 0.000000194. The summed E-state index contributed by atoms with van der Waals surface area (Å²) in [5.41, 5.74) is 11.9. The van der Waals surface area contributed by atoms with E-state index >= 15 is 0 Å². The Kier molecular flexibility index (Phi) is 13.5. The van der Waals surface area contributed by atoms with Crippen molar-refractivity contribution in [1.82, 2.24) is 10.0 Å². The number of carbonyl (C=O) groups excluding carboxylic acids is 4. The van der Waals surface area contributed by atoms with E-state index in [1.165, 1.54) is 16.9 Å². The molecule has 0 unspecified atom stereocenters. The maximum Gasteiger partial charge on any atom is 0.246 e. The Bertz CT molecular complexity index is 2850. The second-order valence-corrected chi connectivity index (χ2v) is 15.4. The molecule has 0 saturated heterocycles. The molecule has 1 N–H and O–H groups in total. The number of methoxy groups -OCH3 is 4. The second kappa shape index (κ2) is 19.5. The molecule has 3 amide bonds. The second-order valence-electron chi connectivity index (χ2n) is 15.4. The minimum Gasteiger partial charge on any atom is -0.493 e. The van der Waals surface area contributed by atoms with Gasteiger partial charge in [-0.3, -0.25) is 19.2 Å². The van der Waals surface area contributed by atoms with Crippen molar-refractivity contribution in [1.29, 1.82) is 0 Å². The Labute approximate surface area is 377 Å². The fourth-order valence-corrected chi connectivity index (χ4v) is 7.59. The minimum atomic E-state index is -0.113. The van der Waals surface area contributed by atoms with Gasteiger partial charge in [0.05, 0.1) is 52.7 Å². The number of benzene rings is 6. The highest BCUT2D eigenvalue weighted by atomic mass is 16.5. The number of amides is 3. The van der Waals surface area contributed by atoms with E-state index in [0.29, 0.717) is 40.0 Å². The van der Waals surface area contributed by atoms with Crippen LogP contribution < -0.4 is 24.3 Å². The normalized spacial score (nSPS) is 13.1. The number of ketones is 1. The highest BCUT2D eigenvalue weighted by Gasteiger charge is 2.26. The number of carbonyl (C=O) groups is 4. The molecule has 0 radical (unpaired) electrons. The Morgan fingerprint density at radius 1 is 0.508 bits per heavy atom. The molecule has 0 aliphatic carbocycles. The van der Waals surface area contributed by atoms with Crippen LogP contribution in [-0.4, -0.2) is 87.5 Å². The van der Waals surface area contributed by atoms with Gasteiger partial charge in [0.1, 0.15) is 0 Å². The first-order chi connectivity index (χ1) is 31.3. The average molecular weight is 872 g/mol. The SMILES string of the molecule is COc1cc2c(cc1OC)C(c1ccc(-c3ccc(C(C)=O)cc3)cc1)=NN(C)C(=O)C2.COc1cc2c(cc1OC)C(c1ccc(-c3cccc(NC(C)=O)c3)cc1)=NN(C)C(=O)C2. The van der Waals surface area contributed by atoms with E-state index in [1.54, 1.807) is 49.5 Å². The molecular weight excluding hydrogens is 823 g/mol. The standard InChI is InChI=1S/C26H25N3O4.C26H24N2O4/c1-16(30)27-21-7-5-6-19(12-21)17-8-10-18(11-9-17)26-22-15-24(33-4)23(32-3)13-20(22)14-25(31)29(2)28-26;1-16(29)17-5-7-18(8-6-17)19-9-11-20(12-10-19)26-22-15-24(32-4)23(31-3)13-21(22)14-25(30)28(2)27-26/h5-13,15H,14H2,1-4H3,(H,27,30);5-13,15H,14H2,1-4H3. The van der Waals surface area contributed by atoms with Gasteiger partial charge in [0, 0.05) is 54.5 Å². The number of hydrazone groups is 2. The van der Waals surface area contributed by atoms with Gasteiger partial charge in [-0.1, -0.05) is 84.9 Å². The molecule has 65 heavy (non-hydrogen) atoms. The lowest BCUT2D eigenvalue weighted by atomic mass is 9.94. The molecule has 0 atom stereocenters.